The molecule has 0 saturated heterocycles. The molecule has 62 heavy (non-hydrogen) atoms. The minimum atomic E-state index is -4.50. The van der Waals surface area contributed by atoms with Crippen molar-refractivity contribution < 1.29 is 61.2 Å². The fourth-order valence-electron chi connectivity index (χ4n) is 5.56. The van der Waals surface area contributed by atoms with Gasteiger partial charge in [0.2, 0.25) is 0 Å². The number of rotatable bonds is 16. The molecular formula is C42H32F3N7O6RuS3. The second-order valence-corrected chi connectivity index (χ2v) is 14.8. The van der Waals surface area contributed by atoms with E-state index in [1.54, 1.807) is 60.0 Å². The first kappa shape index (κ1) is 48.5. The number of hydrogen-bond donors (Lipinski definition) is 0. The van der Waals surface area contributed by atoms with Gasteiger partial charge in [-0.25, -0.2) is 4.98 Å². The van der Waals surface area contributed by atoms with E-state index in [-0.39, 0.29) is 25.2 Å². The Morgan fingerprint density at radius 3 is 2.10 bits per heavy atom. The normalized spacial score (nSPS) is 10.6. The molecule has 318 valence electrons. The first-order valence-corrected chi connectivity index (χ1v) is 20.1. The van der Waals surface area contributed by atoms with Crippen LogP contribution in [0.15, 0.2) is 85.3 Å². The van der Waals surface area contributed by atoms with Crippen molar-refractivity contribution in [2.75, 3.05) is 0 Å². The number of alkyl halides is 3. The first-order valence-electron chi connectivity index (χ1n) is 18.1. The Bertz CT molecular complexity index is 2650. The van der Waals surface area contributed by atoms with Crippen molar-refractivity contribution in [3.05, 3.63) is 112 Å². The third-order valence-electron chi connectivity index (χ3n) is 8.25. The summed E-state index contributed by atoms with van der Waals surface area (Å²) in [5.74, 6) is 0.615. The van der Waals surface area contributed by atoms with Crippen LogP contribution in [0.4, 0.5) is 13.2 Å². The SMILES string of the molecule is CCCCCCc1ccc(/C=C/c2ccnc(-c3cc(C(F)(F)F)n[n-]3)c2)s1.O=COc1ccnc(-c2cc3cc(OC=O)sc3c(-c3cc(OC=O)ccn3)n2)c1.[N-]=C=S.[Ru+2]. The second kappa shape index (κ2) is 24.3. The summed E-state index contributed by atoms with van der Waals surface area (Å²) in [6.45, 7) is 3.20. The number of carbonyl (C=O) groups is 3. The van der Waals surface area contributed by atoms with Gasteiger partial charge in [0.1, 0.15) is 22.9 Å². The molecule has 0 fully saturated rings. The van der Waals surface area contributed by atoms with E-state index in [1.807, 2.05) is 12.2 Å². The summed E-state index contributed by atoms with van der Waals surface area (Å²) in [7, 11) is 0. The van der Waals surface area contributed by atoms with Gasteiger partial charge in [-0.05, 0) is 73.0 Å². The number of thiophene rings is 2. The average Bonchev–Trinajstić information content (AvgIpc) is 4.03. The van der Waals surface area contributed by atoms with Crippen LogP contribution in [0.25, 0.3) is 61.8 Å². The molecule has 13 nitrogen and oxygen atoms in total. The van der Waals surface area contributed by atoms with Crippen molar-refractivity contribution in [3.63, 3.8) is 0 Å². The Hall–Kier alpha value is -6.17. The number of thiocarbonyl (C=S) groups is 1. The number of aromatic nitrogens is 6. The molecule has 0 aliphatic heterocycles. The van der Waals surface area contributed by atoms with Crippen LogP contribution in [0.2, 0.25) is 0 Å². The predicted octanol–water partition coefficient (Wildman–Crippen LogP) is 10.2. The molecule has 0 amide bonds. The van der Waals surface area contributed by atoms with E-state index in [1.165, 1.54) is 65.5 Å². The average molecular weight is 985 g/mol. The Kier molecular flexibility index (Phi) is 19.0. The molecule has 0 radical (unpaired) electrons. The quantitative estimate of drug-likeness (QED) is 0.0294. The van der Waals surface area contributed by atoms with Crippen LogP contribution in [0, 0.1) is 0 Å². The van der Waals surface area contributed by atoms with Gasteiger partial charge in [-0.3, -0.25) is 29.3 Å². The topological polar surface area (TPSA) is 180 Å². The van der Waals surface area contributed by atoms with E-state index in [2.05, 4.69) is 61.4 Å². The second-order valence-electron chi connectivity index (χ2n) is 12.4. The minimum Gasteiger partial charge on any atom is -0.753 e. The van der Waals surface area contributed by atoms with Crippen molar-refractivity contribution in [2.45, 2.75) is 45.2 Å². The van der Waals surface area contributed by atoms with Gasteiger partial charge in [0.05, 0.1) is 21.8 Å². The van der Waals surface area contributed by atoms with Gasteiger partial charge in [-0.15, -0.1) is 11.3 Å². The summed E-state index contributed by atoms with van der Waals surface area (Å²) in [4.78, 5) is 52.0. The number of pyridine rings is 4. The van der Waals surface area contributed by atoms with E-state index in [0.29, 0.717) is 69.1 Å². The number of unbranched alkanes of at least 4 members (excludes halogenated alkanes) is 3. The van der Waals surface area contributed by atoms with Crippen LogP contribution in [0.3, 0.4) is 0 Å². The fraction of sp³-hybridized carbons (Fsp3) is 0.167. The van der Waals surface area contributed by atoms with Crippen LogP contribution < -0.4 is 19.3 Å². The van der Waals surface area contributed by atoms with Gasteiger partial charge >= 0.3 is 25.7 Å². The Morgan fingerprint density at radius 1 is 0.774 bits per heavy atom. The number of isothiocyanates is 1. The van der Waals surface area contributed by atoms with E-state index >= 15 is 0 Å². The molecular weight excluding hydrogens is 953 g/mol. The molecule has 0 aliphatic rings. The Morgan fingerprint density at radius 2 is 1.44 bits per heavy atom. The van der Waals surface area contributed by atoms with Crippen LogP contribution in [-0.2, 0) is 46.5 Å². The molecule has 7 rings (SSSR count). The summed E-state index contributed by atoms with van der Waals surface area (Å²) >= 11 is 6.69. The van der Waals surface area contributed by atoms with Gasteiger partial charge in [-0.1, -0.05) is 61.5 Å². The van der Waals surface area contributed by atoms with E-state index < -0.39 is 11.9 Å². The van der Waals surface area contributed by atoms with Crippen molar-refractivity contribution in [1.29, 1.82) is 0 Å². The van der Waals surface area contributed by atoms with Crippen molar-refractivity contribution in [3.8, 4) is 50.7 Å². The predicted molar refractivity (Wildman–Crippen MR) is 229 cm³/mol. The molecule has 20 heteroatoms. The van der Waals surface area contributed by atoms with Crippen LogP contribution in [0.5, 0.6) is 16.6 Å². The van der Waals surface area contributed by atoms with Crippen molar-refractivity contribution in [2.24, 2.45) is 0 Å². The third-order valence-corrected chi connectivity index (χ3v) is 10.4. The maximum atomic E-state index is 12.7. The monoisotopic (exact) mass is 985 g/mol. The number of halogens is 3. The zero-order valence-electron chi connectivity index (χ0n) is 32.3. The van der Waals surface area contributed by atoms with E-state index in [0.717, 1.165) is 28.3 Å². The summed E-state index contributed by atoms with van der Waals surface area (Å²) in [6, 6.07) is 18.4. The zero-order chi connectivity index (χ0) is 43.6. The molecule has 0 N–H and O–H groups in total. The standard InChI is InChI=1S/C21H21F3N3S.C20H11N3O6S.CNS.Ru/c1-2-3-4-5-6-16-9-10-17(28-16)8-7-15-11-12-25-18(13-15)19-14-20(27-26-19)21(22,23)24;24-9-27-13-1-3-21-15(7-13)16-5-12-6-18(29-11-26)30-20(12)19(23-16)17-8-14(28-10-25)2-4-22-17;2-1-3;/h7-14H,2-6H2,1H3;1-11H;;/q-1;;-1;+2/b8-7+;;;. The van der Waals surface area contributed by atoms with Gasteiger partial charge in [0, 0.05) is 57.6 Å². The van der Waals surface area contributed by atoms with Crippen molar-refractivity contribution in [1.82, 2.24) is 30.1 Å². The summed E-state index contributed by atoms with van der Waals surface area (Å²) in [5, 5.41) is 16.4. The number of aryl methyl sites for hydroxylation is 1. The fourth-order valence-corrected chi connectivity index (χ4v) is 7.47. The first-order chi connectivity index (χ1) is 29.6. The molecule has 0 unspecified atom stereocenters. The van der Waals surface area contributed by atoms with E-state index in [9.17, 15) is 27.6 Å². The smallest absolute Gasteiger partial charge is 0.753 e. The van der Waals surface area contributed by atoms with E-state index in [4.69, 9.17) is 19.6 Å². The zero-order valence-corrected chi connectivity index (χ0v) is 36.5. The molecule has 7 aromatic heterocycles. The number of nitrogens with zero attached hydrogens (tertiary/aromatic N) is 7. The Labute approximate surface area is 378 Å². The molecule has 0 atom stereocenters. The molecule has 7 aromatic rings. The maximum absolute atomic E-state index is 12.7. The molecule has 7 heterocycles. The number of hydrogen-bond acceptors (Lipinski definition) is 14. The molecule has 0 aliphatic carbocycles. The Balaban J connectivity index is 0.000000253. The molecule has 0 aromatic carbocycles. The van der Waals surface area contributed by atoms with Gasteiger partial charge < -0.3 is 29.8 Å². The molecule has 0 spiro atoms. The minimum absolute atomic E-state index is 0. The van der Waals surface area contributed by atoms with Gasteiger partial charge in [0.15, 0.2) is 5.06 Å². The van der Waals surface area contributed by atoms with Gasteiger partial charge in [-0.2, -0.15) is 18.3 Å². The van der Waals surface area contributed by atoms with Crippen LogP contribution in [-0.4, -0.2) is 49.6 Å². The van der Waals surface area contributed by atoms with Crippen molar-refractivity contribution >= 4 is 81.7 Å². The third kappa shape index (κ3) is 13.9. The summed E-state index contributed by atoms with van der Waals surface area (Å²) in [5.41, 5.74) is 2.19. The number of carbonyl (C=O) groups excluding carboxylic acids is 3. The maximum Gasteiger partial charge on any atom is 2.00 e. The number of ether oxygens (including phenoxy) is 3. The van der Waals surface area contributed by atoms with Crippen LogP contribution >= 0.6 is 34.9 Å². The molecule has 0 bridgehead atoms. The summed E-state index contributed by atoms with van der Waals surface area (Å²) in [6.07, 6.45) is 10.1. The number of fused-ring (bicyclic) bond motifs is 1. The van der Waals surface area contributed by atoms with Gasteiger partial charge in [0.25, 0.3) is 19.4 Å². The largest absolute Gasteiger partial charge is 2.00 e. The molecule has 0 saturated carbocycles. The van der Waals surface area contributed by atoms with Crippen LogP contribution in [0.1, 0.15) is 53.6 Å². The summed E-state index contributed by atoms with van der Waals surface area (Å²) < 4.78 is 53.6.